The molecule has 0 saturated carbocycles. The molecule has 1 aromatic rings. The van der Waals surface area contributed by atoms with Crippen LogP contribution in [0.25, 0.3) is 0 Å². The molecule has 0 spiro atoms. The van der Waals surface area contributed by atoms with Crippen molar-refractivity contribution in [2.24, 2.45) is 11.7 Å². The van der Waals surface area contributed by atoms with Gasteiger partial charge in [-0.25, -0.2) is 0 Å². The molecule has 1 aliphatic rings. The van der Waals surface area contributed by atoms with Crippen LogP contribution in [-0.4, -0.2) is 26.2 Å². The van der Waals surface area contributed by atoms with Crippen molar-refractivity contribution in [1.29, 1.82) is 0 Å². The van der Waals surface area contributed by atoms with Crippen LogP contribution in [0.4, 0.5) is 0 Å². The van der Waals surface area contributed by atoms with Gasteiger partial charge in [0.2, 0.25) is 0 Å². The molecule has 1 aliphatic heterocycles. The van der Waals surface area contributed by atoms with Gasteiger partial charge in [0.05, 0.1) is 7.11 Å². The Morgan fingerprint density at radius 1 is 1.44 bits per heavy atom. The number of nitrogens with two attached hydrogens (primary N) is 1. The number of benzene rings is 1. The number of methoxy groups -OCH3 is 1. The maximum absolute atomic E-state index is 5.92. The molecule has 18 heavy (non-hydrogen) atoms. The molecular weight excluding hydrogens is 224 g/mol. The van der Waals surface area contributed by atoms with Crippen LogP contribution in [0.2, 0.25) is 0 Å². The van der Waals surface area contributed by atoms with E-state index in [1.807, 2.05) is 0 Å². The van der Waals surface area contributed by atoms with Crippen molar-refractivity contribution in [2.45, 2.75) is 32.2 Å². The molecule has 1 saturated heterocycles. The molecule has 3 N–H and O–H groups in total. The van der Waals surface area contributed by atoms with Crippen molar-refractivity contribution in [3.05, 3.63) is 29.3 Å². The van der Waals surface area contributed by atoms with E-state index in [0.29, 0.717) is 17.9 Å². The highest BCUT2D eigenvalue weighted by Crippen LogP contribution is 2.37. The molecule has 0 aliphatic carbocycles. The lowest BCUT2D eigenvalue weighted by Gasteiger charge is -2.36. The van der Waals surface area contributed by atoms with Crippen molar-refractivity contribution >= 4 is 0 Å². The first-order valence-corrected chi connectivity index (χ1v) is 6.73. The van der Waals surface area contributed by atoms with E-state index in [9.17, 15) is 0 Å². The molecule has 100 valence electrons. The van der Waals surface area contributed by atoms with Gasteiger partial charge in [0, 0.05) is 6.04 Å². The highest BCUT2D eigenvalue weighted by Gasteiger charge is 2.30. The number of ether oxygens (including phenoxy) is 1. The number of aryl methyl sites for hydroxylation is 1. The second kappa shape index (κ2) is 5.72. The highest BCUT2D eigenvalue weighted by molar-refractivity contribution is 5.40. The Bertz CT molecular complexity index is 405. The summed E-state index contributed by atoms with van der Waals surface area (Å²) in [7, 11) is 1.75. The van der Waals surface area contributed by atoms with Crippen LogP contribution in [-0.2, 0) is 0 Å². The normalized spacial score (nSPS) is 28.1. The maximum Gasteiger partial charge on any atom is 0.122 e. The Hall–Kier alpha value is -1.06. The fraction of sp³-hybridized carbons (Fsp3) is 0.600. The van der Waals surface area contributed by atoms with Crippen LogP contribution in [0.3, 0.4) is 0 Å². The van der Waals surface area contributed by atoms with E-state index in [2.05, 4.69) is 37.4 Å². The van der Waals surface area contributed by atoms with E-state index >= 15 is 0 Å². The molecule has 0 radical (unpaired) electrons. The second-order valence-corrected chi connectivity index (χ2v) is 5.39. The van der Waals surface area contributed by atoms with Crippen LogP contribution in [0.15, 0.2) is 18.2 Å². The van der Waals surface area contributed by atoms with Gasteiger partial charge in [-0.15, -0.1) is 0 Å². The van der Waals surface area contributed by atoms with Crippen LogP contribution < -0.4 is 15.8 Å². The molecule has 0 amide bonds. The summed E-state index contributed by atoms with van der Waals surface area (Å²) in [5.74, 6) is 2.01. The lowest BCUT2D eigenvalue weighted by atomic mass is 9.78. The largest absolute Gasteiger partial charge is 0.496 e. The molecule has 1 fully saturated rings. The van der Waals surface area contributed by atoms with E-state index in [1.165, 1.54) is 11.1 Å². The molecule has 3 nitrogen and oxygen atoms in total. The molecule has 3 heteroatoms. The van der Waals surface area contributed by atoms with Gasteiger partial charge in [0.25, 0.3) is 0 Å². The fourth-order valence-corrected chi connectivity index (χ4v) is 2.90. The van der Waals surface area contributed by atoms with Gasteiger partial charge >= 0.3 is 0 Å². The second-order valence-electron chi connectivity index (χ2n) is 5.39. The van der Waals surface area contributed by atoms with Gasteiger partial charge in [-0.3, -0.25) is 0 Å². The average Bonchev–Trinajstić information content (AvgIpc) is 2.38. The molecule has 0 aromatic heterocycles. The van der Waals surface area contributed by atoms with E-state index < -0.39 is 0 Å². The van der Waals surface area contributed by atoms with Gasteiger partial charge in [0.15, 0.2) is 0 Å². The third-order valence-corrected chi connectivity index (χ3v) is 4.00. The zero-order valence-electron chi connectivity index (χ0n) is 11.6. The predicted octanol–water partition coefficient (Wildman–Crippen LogP) is 2.04. The first kappa shape index (κ1) is 13.4. The topological polar surface area (TPSA) is 47.3 Å². The van der Waals surface area contributed by atoms with Crippen molar-refractivity contribution in [3.8, 4) is 5.75 Å². The van der Waals surface area contributed by atoms with Crippen molar-refractivity contribution in [2.75, 3.05) is 20.2 Å². The number of hydrogen-bond acceptors (Lipinski definition) is 3. The summed E-state index contributed by atoms with van der Waals surface area (Å²) in [5.41, 5.74) is 8.47. The Morgan fingerprint density at radius 3 is 2.89 bits per heavy atom. The smallest absolute Gasteiger partial charge is 0.122 e. The van der Waals surface area contributed by atoms with Crippen LogP contribution in [0.5, 0.6) is 5.75 Å². The summed E-state index contributed by atoms with van der Waals surface area (Å²) in [5, 5.41) is 3.51. The average molecular weight is 248 g/mol. The standard InChI is InChI=1S/C15H24N2O/c1-10-4-5-13(15(6-10)18-3)14-7-11(2)17-9-12(14)8-16/h4-6,11-12,14,17H,7-9,16H2,1-3H3. The molecule has 0 bridgehead atoms. The zero-order valence-corrected chi connectivity index (χ0v) is 11.6. The number of rotatable bonds is 3. The SMILES string of the molecule is COc1cc(C)ccc1C1CC(C)NCC1CN. The number of hydrogen-bond donors (Lipinski definition) is 2. The van der Waals surface area contributed by atoms with E-state index in [-0.39, 0.29) is 0 Å². The lowest BCUT2D eigenvalue weighted by molar-refractivity contribution is 0.278. The first-order chi connectivity index (χ1) is 8.65. The Morgan fingerprint density at radius 2 is 2.22 bits per heavy atom. The minimum atomic E-state index is 0.498. The van der Waals surface area contributed by atoms with Gasteiger partial charge < -0.3 is 15.8 Å². The summed E-state index contributed by atoms with van der Waals surface area (Å²) >= 11 is 0. The quantitative estimate of drug-likeness (QED) is 0.860. The van der Waals surface area contributed by atoms with E-state index in [1.54, 1.807) is 7.11 Å². The summed E-state index contributed by atoms with van der Waals surface area (Å²) < 4.78 is 5.55. The first-order valence-electron chi connectivity index (χ1n) is 6.73. The maximum atomic E-state index is 5.92. The summed E-state index contributed by atoms with van der Waals surface area (Å²) in [4.78, 5) is 0. The monoisotopic (exact) mass is 248 g/mol. The van der Waals surface area contributed by atoms with Crippen molar-refractivity contribution in [3.63, 3.8) is 0 Å². The third kappa shape index (κ3) is 2.68. The van der Waals surface area contributed by atoms with E-state index in [4.69, 9.17) is 10.5 Å². The lowest BCUT2D eigenvalue weighted by Crippen LogP contribution is -2.44. The molecule has 2 rings (SSSR count). The van der Waals surface area contributed by atoms with Crippen LogP contribution in [0, 0.1) is 12.8 Å². The number of nitrogens with one attached hydrogen (secondary N) is 1. The minimum Gasteiger partial charge on any atom is -0.496 e. The van der Waals surface area contributed by atoms with Crippen LogP contribution >= 0.6 is 0 Å². The predicted molar refractivity (Wildman–Crippen MR) is 75.1 cm³/mol. The van der Waals surface area contributed by atoms with Crippen molar-refractivity contribution in [1.82, 2.24) is 5.32 Å². The number of piperidine rings is 1. The Labute approximate surface area is 110 Å². The Balaban J connectivity index is 2.32. The molecule has 3 atom stereocenters. The molecule has 1 aromatic carbocycles. The minimum absolute atomic E-state index is 0.498. The summed E-state index contributed by atoms with van der Waals surface area (Å²) in [6.07, 6.45) is 1.13. The third-order valence-electron chi connectivity index (χ3n) is 4.00. The molecule has 1 heterocycles. The fourth-order valence-electron chi connectivity index (χ4n) is 2.90. The Kier molecular flexibility index (Phi) is 4.25. The molecule has 3 unspecified atom stereocenters. The van der Waals surface area contributed by atoms with E-state index in [0.717, 1.165) is 25.3 Å². The van der Waals surface area contributed by atoms with Gasteiger partial charge in [-0.05, 0) is 62.4 Å². The van der Waals surface area contributed by atoms with Gasteiger partial charge in [-0.2, -0.15) is 0 Å². The summed E-state index contributed by atoms with van der Waals surface area (Å²) in [6.45, 7) is 6.05. The summed E-state index contributed by atoms with van der Waals surface area (Å²) in [6, 6.07) is 7.04. The van der Waals surface area contributed by atoms with Crippen molar-refractivity contribution < 1.29 is 4.74 Å². The van der Waals surface area contributed by atoms with Crippen LogP contribution in [0.1, 0.15) is 30.4 Å². The molecular formula is C15H24N2O. The highest BCUT2D eigenvalue weighted by atomic mass is 16.5. The van der Waals surface area contributed by atoms with Gasteiger partial charge in [0.1, 0.15) is 5.75 Å². The zero-order chi connectivity index (χ0) is 13.1. The van der Waals surface area contributed by atoms with Gasteiger partial charge in [-0.1, -0.05) is 12.1 Å².